The van der Waals surface area contributed by atoms with Crippen molar-refractivity contribution in [1.29, 1.82) is 0 Å². The van der Waals surface area contributed by atoms with Gasteiger partial charge >= 0.3 is 0 Å². The van der Waals surface area contributed by atoms with Crippen molar-refractivity contribution in [1.82, 2.24) is 10.3 Å². The van der Waals surface area contributed by atoms with E-state index in [4.69, 9.17) is 5.73 Å². The van der Waals surface area contributed by atoms with E-state index in [0.29, 0.717) is 6.42 Å². The summed E-state index contributed by atoms with van der Waals surface area (Å²) in [4.78, 5) is 25.4. The van der Waals surface area contributed by atoms with Crippen LogP contribution in [0.15, 0.2) is 18.5 Å². The molecular formula is C10H12FN3O2. The number of nitrogens with one attached hydrogen (secondary N) is 1. The zero-order valence-corrected chi connectivity index (χ0v) is 8.57. The van der Waals surface area contributed by atoms with E-state index < -0.39 is 17.6 Å². The normalized spacial score (nSPS) is 9.81. The van der Waals surface area contributed by atoms with E-state index in [1.54, 1.807) is 0 Å². The summed E-state index contributed by atoms with van der Waals surface area (Å²) in [5.74, 6) is -1.62. The highest BCUT2D eigenvalue weighted by molar-refractivity contribution is 5.94. The van der Waals surface area contributed by atoms with Gasteiger partial charge in [0.25, 0.3) is 5.91 Å². The molecule has 0 saturated heterocycles. The zero-order chi connectivity index (χ0) is 12.0. The molecule has 1 aromatic heterocycles. The Bertz CT molecular complexity index is 395. The SMILES string of the molecule is NC(=O)CCCNC(=O)c1ccncc1F. The molecule has 16 heavy (non-hydrogen) atoms. The van der Waals surface area contributed by atoms with Gasteiger partial charge in [-0.3, -0.25) is 14.6 Å². The van der Waals surface area contributed by atoms with Gasteiger partial charge in [-0.25, -0.2) is 4.39 Å². The number of primary amides is 1. The van der Waals surface area contributed by atoms with Gasteiger partial charge in [0.05, 0.1) is 11.8 Å². The molecule has 0 fully saturated rings. The summed E-state index contributed by atoms with van der Waals surface area (Å²) in [5, 5.41) is 2.48. The fraction of sp³-hybridized carbons (Fsp3) is 0.300. The third kappa shape index (κ3) is 3.64. The second-order valence-electron chi connectivity index (χ2n) is 3.18. The van der Waals surface area contributed by atoms with Crippen molar-refractivity contribution in [2.24, 2.45) is 5.73 Å². The first-order chi connectivity index (χ1) is 7.61. The molecule has 0 aromatic carbocycles. The van der Waals surface area contributed by atoms with Gasteiger partial charge in [-0.05, 0) is 12.5 Å². The van der Waals surface area contributed by atoms with Crippen LogP contribution >= 0.6 is 0 Å². The number of carbonyl (C=O) groups excluding carboxylic acids is 2. The monoisotopic (exact) mass is 225 g/mol. The number of aromatic nitrogens is 1. The van der Waals surface area contributed by atoms with Gasteiger partial charge in [-0.2, -0.15) is 0 Å². The van der Waals surface area contributed by atoms with E-state index in [1.165, 1.54) is 12.3 Å². The van der Waals surface area contributed by atoms with E-state index in [-0.39, 0.29) is 18.5 Å². The first-order valence-corrected chi connectivity index (χ1v) is 4.77. The van der Waals surface area contributed by atoms with Crippen molar-refractivity contribution in [2.75, 3.05) is 6.54 Å². The van der Waals surface area contributed by atoms with Crippen LogP contribution in [0.4, 0.5) is 4.39 Å². The summed E-state index contributed by atoms with van der Waals surface area (Å²) >= 11 is 0. The highest BCUT2D eigenvalue weighted by Crippen LogP contribution is 2.03. The highest BCUT2D eigenvalue weighted by Gasteiger charge is 2.10. The van der Waals surface area contributed by atoms with Crippen molar-refractivity contribution >= 4 is 11.8 Å². The minimum absolute atomic E-state index is 0.0610. The lowest BCUT2D eigenvalue weighted by molar-refractivity contribution is -0.118. The van der Waals surface area contributed by atoms with Crippen molar-refractivity contribution in [3.63, 3.8) is 0 Å². The maximum Gasteiger partial charge on any atom is 0.254 e. The van der Waals surface area contributed by atoms with Crippen molar-refractivity contribution < 1.29 is 14.0 Å². The Hall–Kier alpha value is -1.98. The number of rotatable bonds is 5. The molecule has 5 nitrogen and oxygen atoms in total. The highest BCUT2D eigenvalue weighted by atomic mass is 19.1. The van der Waals surface area contributed by atoms with Crippen molar-refractivity contribution in [3.8, 4) is 0 Å². The van der Waals surface area contributed by atoms with E-state index in [2.05, 4.69) is 10.3 Å². The minimum atomic E-state index is -0.671. The lowest BCUT2D eigenvalue weighted by Crippen LogP contribution is -2.26. The number of halogens is 1. The van der Waals surface area contributed by atoms with Gasteiger partial charge in [0.1, 0.15) is 0 Å². The number of hydrogen-bond acceptors (Lipinski definition) is 3. The van der Waals surface area contributed by atoms with Gasteiger partial charge in [-0.15, -0.1) is 0 Å². The van der Waals surface area contributed by atoms with Gasteiger partial charge in [0.2, 0.25) is 5.91 Å². The molecule has 0 saturated carbocycles. The maximum atomic E-state index is 13.1. The standard InChI is InChI=1S/C10H12FN3O2/c11-8-6-13-5-3-7(8)10(16)14-4-1-2-9(12)15/h3,5-6H,1-2,4H2,(H2,12,15)(H,14,16). The van der Waals surface area contributed by atoms with Crippen LogP contribution in [-0.2, 0) is 4.79 Å². The molecule has 0 bridgehead atoms. The van der Waals surface area contributed by atoms with Gasteiger partial charge in [-0.1, -0.05) is 0 Å². The Balaban J connectivity index is 2.41. The number of nitrogens with zero attached hydrogens (tertiary/aromatic N) is 1. The van der Waals surface area contributed by atoms with Crippen LogP contribution in [0.3, 0.4) is 0 Å². The van der Waals surface area contributed by atoms with Gasteiger partial charge < -0.3 is 11.1 Å². The predicted octanol–water partition coefficient (Wildman–Crippen LogP) is 0.216. The molecule has 1 rings (SSSR count). The topological polar surface area (TPSA) is 85.1 Å². The molecule has 0 aliphatic carbocycles. The second-order valence-corrected chi connectivity index (χ2v) is 3.18. The summed E-state index contributed by atoms with van der Waals surface area (Å²) in [6.45, 7) is 0.281. The molecule has 1 aromatic rings. The number of nitrogens with two attached hydrogens (primary N) is 1. The molecule has 0 spiro atoms. The lowest BCUT2D eigenvalue weighted by Gasteiger charge is -2.04. The molecule has 0 radical (unpaired) electrons. The number of amides is 2. The van der Waals surface area contributed by atoms with Crippen LogP contribution in [0.2, 0.25) is 0 Å². The lowest BCUT2D eigenvalue weighted by atomic mass is 10.2. The molecule has 0 unspecified atom stereocenters. The fourth-order valence-corrected chi connectivity index (χ4v) is 1.12. The molecule has 0 atom stereocenters. The Kier molecular flexibility index (Phi) is 4.38. The smallest absolute Gasteiger partial charge is 0.254 e. The van der Waals surface area contributed by atoms with Crippen molar-refractivity contribution in [3.05, 3.63) is 29.8 Å². The van der Waals surface area contributed by atoms with E-state index in [0.717, 1.165) is 6.20 Å². The van der Waals surface area contributed by atoms with Crippen LogP contribution in [0.1, 0.15) is 23.2 Å². The van der Waals surface area contributed by atoms with Crippen LogP contribution in [-0.4, -0.2) is 23.3 Å². The molecule has 0 aliphatic heterocycles. The first-order valence-electron chi connectivity index (χ1n) is 4.77. The summed E-state index contributed by atoms with van der Waals surface area (Å²) in [7, 11) is 0. The molecule has 86 valence electrons. The van der Waals surface area contributed by atoms with E-state index in [1.807, 2.05) is 0 Å². The quantitative estimate of drug-likeness (QED) is 0.703. The van der Waals surface area contributed by atoms with Crippen LogP contribution < -0.4 is 11.1 Å². The van der Waals surface area contributed by atoms with E-state index in [9.17, 15) is 14.0 Å². The fourth-order valence-electron chi connectivity index (χ4n) is 1.12. The maximum absolute atomic E-state index is 13.1. The largest absolute Gasteiger partial charge is 0.370 e. The molecule has 6 heteroatoms. The third-order valence-electron chi connectivity index (χ3n) is 1.90. The average molecular weight is 225 g/mol. The predicted molar refractivity (Wildman–Crippen MR) is 55.0 cm³/mol. The molecule has 0 aliphatic rings. The number of hydrogen-bond donors (Lipinski definition) is 2. The zero-order valence-electron chi connectivity index (χ0n) is 8.57. The summed E-state index contributed by atoms with van der Waals surface area (Å²) < 4.78 is 13.1. The summed E-state index contributed by atoms with van der Waals surface area (Å²) in [6, 6.07) is 1.29. The van der Waals surface area contributed by atoms with Crippen LogP contribution in [0.5, 0.6) is 0 Å². The Morgan fingerprint density at radius 1 is 1.50 bits per heavy atom. The minimum Gasteiger partial charge on any atom is -0.370 e. The Morgan fingerprint density at radius 2 is 2.25 bits per heavy atom. The average Bonchev–Trinajstić information content (AvgIpc) is 2.24. The van der Waals surface area contributed by atoms with Crippen LogP contribution in [0.25, 0.3) is 0 Å². The second kappa shape index (κ2) is 5.79. The Morgan fingerprint density at radius 3 is 2.88 bits per heavy atom. The summed E-state index contributed by atoms with van der Waals surface area (Å²) in [5.41, 5.74) is 4.86. The number of pyridine rings is 1. The van der Waals surface area contributed by atoms with Crippen molar-refractivity contribution in [2.45, 2.75) is 12.8 Å². The first kappa shape index (κ1) is 12.1. The number of carbonyl (C=O) groups is 2. The summed E-state index contributed by atoms with van der Waals surface area (Å²) in [6.07, 6.45) is 2.94. The molecule has 1 heterocycles. The van der Waals surface area contributed by atoms with E-state index >= 15 is 0 Å². The van der Waals surface area contributed by atoms with Gasteiger partial charge in [0.15, 0.2) is 5.82 Å². The Labute approximate surface area is 91.9 Å². The third-order valence-corrected chi connectivity index (χ3v) is 1.90. The van der Waals surface area contributed by atoms with Gasteiger partial charge in [0, 0.05) is 19.2 Å². The molecular weight excluding hydrogens is 213 g/mol. The van der Waals surface area contributed by atoms with Crippen LogP contribution in [0, 0.1) is 5.82 Å². The molecule has 3 N–H and O–H groups in total. The molecule has 2 amide bonds.